The van der Waals surface area contributed by atoms with Crippen LogP contribution in [0.4, 0.5) is 8.78 Å². The molecule has 0 spiro atoms. The summed E-state index contributed by atoms with van der Waals surface area (Å²) in [5.74, 6) is -1.27. The number of hydrogen-bond acceptors (Lipinski definition) is 3. The highest BCUT2D eigenvalue weighted by atomic mass is 35.5. The van der Waals surface area contributed by atoms with Crippen molar-refractivity contribution in [1.29, 1.82) is 0 Å². The van der Waals surface area contributed by atoms with Crippen molar-refractivity contribution in [1.82, 2.24) is 10.6 Å². The van der Waals surface area contributed by atoms with Crippen molar-refractivity contribution in [2.75, 3.05) is 6.54 Å². The maximum absolute atomic E-state index is 13.5. The monoisotopic (exact) mass is 456 g/mol. The molecule has 0 saturated heterocycles. The summed E-state index contributed by atoms with van der Waals surface area (Å²) in [5, 5.41) is 17.3. The fourth-order valence-corrected chi connectivity index (χ4v) is 3.46. The van der Waals surface area contributed by atoms with Gasteiger partial charge >= 0.3 is 0 Å². The van der Waals surface area contributed by atoms with Crippen LogP contribution < -0.4 is 10.6 Å². The number of thiocarbonyl (C=S) groups is 1. The summed E-state index contributed by atoms with van der Waals surface area (Å²) >= 11 is 5.13. The van der Waals surface area contributed by atoms with E-state index >= 15 is 0 Å². The lowest BCUT2D eigenvalue weighted by Gasteiger charge is -2.31. The lowest BCUT2D eigenvalue weighted by Crippen LogP contribution is -2.50. The normalized spacial score (nSPS) is 13.3. The smallest absolute Gasteiger partial charge is 0.126 e. The van der Waals surface area contributed by atoms with Crippen LogP contribution in [0.1, 0.15) is 44.4 Å². The number of hydrogen-bond donors (Lipinski definition) is 3. The third-order valence-corrected chi connectivity index (χ3v) is 5.16. The molecular weight excluding hydrogens is 426 g/mol. The van der Waals surface area contributed by atoms with E-state index < -0.39 is 23.8 Å². The van der Waals surface area contributed by atoms with Gasteiger partial charge in [0.2, 0.25) is 0 Å². The summed E-state index contributed by atoms with van der Waals surface area (Å²) < 4.78 is 27.1. The average Bonchev–Trinajstić information content (AvgIpc) is 2.64. The van der Waals surface area contributed by atoms with Crippen LogP contribution >= 0.6 is 24.6 Å². The van der Waals surface area contributed by atoms with Gasteiger partial charge in [-0.1, -0.05) is 43.4 Å². The molecule has 0 unspecified atom stereocenters. The molecule has 3 N–H and O–H groups in total. The van der Waals surface area contributed by atoms with E-state index in [-0.39, 0.29) is 24.4 Å². The minimum Gasteiger partial charge on any atom is -0.390 e. The van der Waals surface area contributed by atoms with Gasteiger partial charge in [-0.2, -0.15) is 0 Å². The zero-order valence-corrected chi connectivity index (χ0v) is 19.5. The fraction of sp³-hybridized carbons (Fsp3) is 0.435. The van der Waals surface area contributed by atoms with E-state index in [1.54, 1.807) is 6.92 Å². The molecule has 0 aromatic heterocycles. The first-order valence-corrected chi connectivity index (χ1v) is 10.3. The second-order valence-corrected chi connectivity index (χ2v) is 8.53. The van der Waals surface area contributed by atoms with Gasteiger partial charge in [0.15, 0.2) is 0 Å². The van der Waals surface area contributed by atoms with E-state index in [0.717, 1.165) is 18.1 Å². The highest BCUT2D eigenvalue weighted by Crippen LogP contribution is 2.21. The van der Waals surface area contributed by atoms with Crippen LogP contribution in [0.15, 0.2) is 42.5 Å². The van der Waals surface area contributed by atoms with Crippen LogP contribution in [-0.2, 0) is 18.4 Å². The quantitative estimate of drug-likeness (QED) is 0.479. The lowest BCUT2D eigenvalue weighted by atomic mass is 9.91. The van der Waals surface area contributed by atoms with Gasteiger partial charge < -0.3 is 15.7 Å². The van der Waals surface area contributed by atoms with Crippen molar-refractivity contribution >= 4 is 29.6 Å². The second-order valence-electron chi connectivity index (χ2n) is 7.92. The third-order valence-electron chi connectivity index (χ3n) is 5.04. The number of aryl methyl sites for hydroxylation is 1. The van der Waals surface area contributed by atoms with E-state index in [0.29, 0.717) is 17.1 Å². The van der Waals surface area contributed by atoms with Crippen LogP contribution in [0, 0.1) is 11.6 Å². The van der Waals surface area contributed by atoms with E-state index in [1.807, 2.05) is 6.07 Å². The van der Waals surface area contributed by atoms with E-state index in [2.05, 4.69) is 49.6 Å². The van der Waals surface area contributed by atoms with Crippen molar-refractivity contribution in [3.8, 4) is 0 Å². The predicted molar refractivity (Wildman–Crippen MR) is 125 cm³/mol. The Morgan fingerprint density at radius 3 is 2.30 bits per heavy atom. The zero-order chi connectivity index (χ0) is 21.6. The molecule has 7 heteroatoms. The van der Waals surface area contributed by atoms with Crippen molar-refractivity contribution in [2.45, 2.75) is 58.2 Å². The first-order chi connectivity index (χ1) is 13.6. The molecule has 2 aromatic rings. The molecule has 0 fully saturated rings. The van der Waals surface area contributed by atoms with Gasteiger partial charge in [-0.3, -0.25) is 0 Å². The number of nitrogens with one attached hydrogen (secondary N) is 2. The molecule has 2 atom stereocenters. The largest absolute Gasteiger partial charge is 0.390 e. The standard InChI is InChI=1S/C23H30F2N2OS.ClH/c1-5-16-7-6-8-18(9-16)23(3,4)26-14-22(28)21(27-15(2)29)12-17-10-19(24)13-20(25)11-17;/h6-11,13,21-22,26,28H,5,12,14H2,1-4H3,(H,27,29);1H/t21-,22-;/m0./s1. The molecule has 2 aromatic carbocycles. The maximum atomic E-state index is 13.5. The molecule has 166 valence electrons. The van der Waals surface area contributed by atoms with E-state index in [1.165, 1.54) is 17.7 Å². The van der Waals surface area contributed by atoms with Crippen LogP contribution in [0.3, 0.4) is 0 Å². The Labute approximate surface area is 189 Å². The zero-order valence-electron chi connectivity index (χ0n) is 17.8. The third kappa shape index (κ3) is 7.91. The fourth-order valence-electron chi connectivity index (χ4n) is 3.31. The number of halogens is 3. The van der Waals surface area contributed by atoms with Gasteiger partial charge in [0.05, 0.1) is 17.1 Å². The lowest BCUT2D eigenvalue weighted by molar-refractivity contribution is 0.123. The highest BCUT2D eigenvalue weighted by Gasteiger charge is 2.25. The van der Waals surface area contributed by atoms with Crippen molar-refractivity contribution in [2.24, 2.45) is 0 Å². The Kier molecular flexibility index (Phi) is 10.3. The molecule has 0 aliphatic carbocycles. The summed E-state index contributed by atoms with van der Waals surface area (Å²) in [4.78, 5) is 0.515. The van der Waals surface area contributed by atoms with Crippen molar-refractivity contribution in [3.63, 3.8) is 0 Å². The molecule has 3 nitrogen and oxygen atoms in total. The first-order valence-electron chi connectivity index (χ1n) is 9.85. The molecule has 2 rings (SSSR count). The summed E-state index contributed by atoms with van der Waals surface area (Å²) in [7, 11) is 0. The van der Waals surface area contributed by atoms with Gasteiger partial charge in [0, 0.05) is 18.2 Å². The first kappa shape index (κ1) is 26.4. The molecule has 0 aliphatic rings. The van der Waals surface area contributed by atoms with Crippen LogP contribution in [0.2, 0.25) is 0 Å². The Bertz CT molecular complexity index is 827. The summed E-state index contributed by atoms with van der Waals surface area (Å²) in [6.07, 6.45) is 0.390. The average molecular weight is 457 g/mol. The second kappa shape index (κ2) is 11.7. The van der Waals surface area contributed by atoms with Gasteiger partial charge in [-0.15, -0.1) is 12.4 Å². The molecule has 0 heterocycles. The molecule has 30 heavy (non-hydrogen) atoms. The van der Waals surface area contributed by atoms with Gasteiger partial charge in [0.25, 0.3) is 0 Å². The van der Waals surface area contributed by atoms with Gasteiger partial charge in [0.1, 0.15) is 11.6 Å². The predicted octanol–water partition coefficient (Wildman–Crippen LogP) is 4.68. The summed E-state index contributed by atoms with van der Waals surface area (Å²) in [6.45, 7) is 8.24. The number of aliphatic hydroxyl groups is 1. The minimum absolute atomic E-state index is 0. The van der Waals surface area contributed by atoms with Crippen LogP contribution in [-0.4, -0.2) is 28.8 Å². The van der Waals surface area contributed by atoms with Crippen molar-refractivity contribution < 1.29 is 13.9 Å². The molecule has 0 bridgehead atoms. The Morgan fingerprint density at radius 2 is 1.73 bits per heavy atom. The molecular formula is C23H31ClF2N2OS. The molecule has 0 saturated carbocycles. The van der Waals surface area contributed by atoms with E-state index in [4.69, 9.17) is 12.2 Å². The Hall–Kier alpha value is -1.60. The highest BCUT2D eigenvalue weighted by molar-refractivity contribution is 7.80. The molecule has 0 radical (unpaired) electrons. The number of rotatable bonds is 9. The van der Waals surface area contributed by atoms with Gasteiger partial charge in [-0.05, 0) is 62.4 Å². The van der Waals surface area contributed by atoms with Crippen LogP contribution in [0.5, 0.6) is 0 Å². The number of aliphatic hydroxyl groups excluding tert-OH is 1. The maximum Gasteiger partial charge on any atom is 0.126 e. The topological polar surface area (TPSA) is 44.3 Å². The minimum atomic E-state index is -0.812. The van der Waals surface area contributed by atoms with Crippen molar-refractivity contribution in [3.05, 3.63) is 70.8 Å². The SMILES string of the molecule is CCc1cccc(C(C)(C)NC[C@H](O)[C@H](Cc2cc(F)cc(F)c2)NC(C)=S)c1.Cl. The summed E-state index contributed by atoms with van der Waals surface area (Å²) in [5.41, 5.74) is 2.49. The Balaban J connectivity index is 0.00000450. The number of benzene rings is 2. The molecule has 0 amide bonds. The van der Waals surface area contributed by atoms with E-state index in [9.17, 15) is 13.9 Å². The Morgan fingerprint density at radius 1 is 1.10 bits per heavy atom. The molecule has 0 aliphatic heterocycles. The van der Waals surface area contributed by atoms with Gasteiger partial charge in [-0.25, -0.2) is 8.78 Å². The van der Waals surface area contributed by atoms with Crippen LogP contribution in [0.25, 0.3) is 0 Å². The summed E-state index contributed by atoms with van der Waals surface area (Å²) in [6, 6.07) is 11.3.